The van der Waals surface area contributed by atoms with Crippen molar-refractivity contribution in [1.29, 1.82) is 0 Å². The summed E-state index contributed by atoms with van der Waals surface area (Å²) in [4.78, 5) is 15.3. The van der Waals surface area contributed by atoms with Gasteiger partial charge in [0.2, 0.25) is 0 Å². The van der Waals surface area contributed by atoms with Gasteiger partial charge in [-0.25, -0.2) is 0 Å². The summed E-state index contributed by atoms with van der Waals surface area (Å²) in [6, 6.07) is 18.6. The zero-order chi connectivity index (χ0) is 19.8. The van der Waals surface area contributed by atoms with Crippen LogP contribution in [0.25, 0.3) is 6.08 Å². The highest BCUT2D eigenvalue weighted by atomic mass is 16.2. The van der Waals surface area contributed by atoms with Gasteiger partial charge < -0.3 is 15.1 Å². The third-order valence-electron chi connectivity index (χ3n) is 5.45. The van der Waals surface area contributed by atoms with Crippen molar-refractivity contribution in [2.45, 2.75) is 19.8 Å². The average Bonchev–Trinajstić information content (AvgIpc) is 2.70. The molecule has 1 saturated heterocycles. The number of rotatable bonds is 7. The molecule has 0 atom stereocenters. The lowest BCUT2D eigenvalue weighted by molar-refractivity contribution is -1.01. The monoisotopic (exact) mass is 379 g/mol. The standard InChI is InChI=1S/C24H31N3O/c1-20(2)22-10-12-23(13-11-22)25-24(28)19-27-17-15-26(16-18-27)14-6-9-21-7-4-3-5-8-21/h3-13,20H,14-19H2,1-2H3,(H,25,28)/p+2/b9-6+. The normalized spacial score (nSPS) is 19.8. The minimum absolute atomic E-state index is 0.111. The van der Waals surface area contributed by atoms with E-state index >= 15 is 0 Å². The van der Waals surface area contributed by atoms with E-state index < -0.39 is 0 Å². The molecule has 2 aromatic carbocycles. The lowest BCUT2D eigenvalue weighted by atomic mass is 10.0. The molecule has 28 heavy (non-hydrogen) atoms. The highest BCUT2D eigenvalue weighted by Gasteiger charge is 2.24. The van der Waals surface area contributed by atoms with Crippen molar-refractivity contribution in [2.75, 3.05) is 44.6 Å². The Morgan fingerprint density at radius 2 is 1.61 bits per heavy atom. The number of amides is 1. The molecule has 4 heteroatoms. The van der Waals surface area contributed by atoms with Crippen LogP contribution < -0.4 is 15.1 Å². The Labute approximate surface area is 168 Å². The molecular formula is C24H33N3O+2. The Hall–Kier alpha value is -2.43. The molecule has 1 amide bonds. The van der Waals surface area contributed by atoms with Gasteiger partial charge in [-0.2, -0.15) is 0 Å². The van der Waals surface area contributed by atoms with Gasteiger partial charge in [-0.15, -0.1) is 0 Å². The van der Waals surface area contributed by atoms with E-state index in [1.807, 2.05) is 18.2 Å². The summed E-state index contributed by atoms with van der Waals surface area (Å²) < 4.78 is 0. The first-order valence-electron chi connectivity index (χ1n) is 10.4. The van der Waals surface area contributed by atoms with Crippen LogP contribution >= 0.6 is 0 Å². The van der Waals surface area contributed by atoms with Crippen molar-refractivity contribution in [3.63, 3.8) is 0 Å². The summed E-state index contributed by atoms with van der Waals surface area (Å²) in [6.07, 6.45) is 4.47. The molecule has 4 nitrogen and oxygen atoms in total. The van der Waals surface area contributed by atoms with E-state index in [9.17, 15) is 4.79 Å². The first-order valence-corrected chi connectivity index (χ1v) is 10.4. The first kappa shape index (κ1) is 20.3. The molecule has 2 aromatic rings. The number of nitrogens with one attached hydrogen (secondary N) is 3. The van der Waals surface area contributed by atoms with Gasteiger partial charge in [0.25, 0.3) is 5.91 Å². The number of hydrogen-bond acceptors (Lipinski definition) is 1. The Morgan fingerprint density at radius 3 is 2.25 bits per heavy atom. The maximum absolute atomic E-state index is 12.4. The summed E-state index contributed by atoms with van der Waals surface area (Å²) in [5.74, 6) is 0.621. The number of carbonyl (C=O) groups excluding carboxylic acids is 1. The van der Waals surface area contributed by atoms with Gasteiger partial charge in [0.1, 0.15) is 26.2 Å². The number of benzene rings is 2. The number of piperazine rings is 1. The Balaban J connectivity index is 1.37. The van der Waals surface area contributed by atoms with Crippen molar-refractivity contribution in [2.24, 2.45) is 0 Å². The third kappa shape index (κ3) is 6.32. The molecule has 0 bridgehead atoms. The third-order valence-corrected chi connectivity index (χ3v) is 5.45. The zero-order valence-corrected chi connectivity index (χ0v) is 17.1. The van der Waals surface area contributed by atoms with Crippen molar-refractivity contribution in [3.8, 4) is 0 Å². The van der Waals surface area contributed by atoms with Gasteiger partial charge in [0.05, 0.1) is 6.54 Å². The quantitative estimate of drug-likeness (QED) is 0.666. The molecule has 1 fully saturated rings. The Kier molecular flexibility index (Phi) is 7.40. The highest BCUT2D eigenvalue weighted by Crippen LogP contribution is 2.16. The van der Waals surface area contributed by atoms with E-state index in [2.05, 4.69) is 67.7 Å². The van der Waals surface area contributed by atoms with Crippen LogP contribution in [0.1, 0.15) is 30.9 Å². The lowest BCUT2D eigenvalue weighted by Crippen LogP contribution is -3.28. The molecule has 1 aliphatic heterocycles. The molecule has 0 spiro atoms. The summed E-state index contributed by atoms with van der Waals surface area (Å²) in [5.41, 5.74) is 3.44. The van der Waals surface area contributed by atoms with Crippen LogP contribution in [-0.4, -0.2) is 45.2 Å². The topological polar surface area (TPSA) is 38.0 Å². The number of carbonyl (C=O) groups is 1. The van der Waals surface area contributed by atoms with Crippen LogP contribution in [0.3, 0.4) is 0 Å². The van der Waals surface area contributed by atoms with Crippen LogP contribution in [0.5, 0.6) is 0 Å². The molecule has 0 saturated carbocycles. The average molecular weight is 380 g/mol. The van der Waals surface area contributed by atoms with Gasteiger partial charge in [0, 0.05) is 5.69 Å². The number of anilines is 1. The summed E-state index contributed by atoms with van der Waals surface area (Å²) in [5, 5.41) is 3.04. The van der Waals surface area contributed by atoms with Crippen LogP contribution in [0, 0.1) is 0 Å². The summed E-state index contributed by atoms with van der Waals surface area (Å²) in [6.45, 7) is 10.3. The van der Waals surface area contributed by atoms with E-state index in [1.165, 1.54) is 16.0 Å². The Morgan fingerprint density at radius 1 is 0.964 bits per heavy atom. The molecule has 1 aliphatic rings. The maximum atomic E-state index is 12.4. The lowest BCUT2D eigenvalue weighted by Gasteiger charge is -2.28. The molecule has 0 radical (unpaired) electrons. The van der Waals surface area contributed by atoms with Crippen LogP contribution in [0.2, 0.25) is 0 Å². The fourth-order valence-corrected chi connectivity index (χ4v) is 3.65. The first-order chi connectivity index (χ1) is 13.6. The summed E-state index contributed by atoms with van der Waals surface area (Å²) >= 11 is 0. The molecule has 3 N–H and O–H groups in total. The van der Waals surface area contributed by atoms with Crippen LogP contribution in [0.15, 0.2) is 60.7 Å². The second-order valence-corrected chi connectivity index (χ2v) is 8.02. The predicted molar refractivity (Wildman–Crippen MR) is 116 cm³/mol. The second-order valence-electron chi connectivity index (χ2n) is 8.02. The number of quaternary nitrogens is 2. The van der Waals surface area contributed by atoms with Gasteiger partial charge in [-0.1, -0.05) is 62.4 Å². The van der Waals surface area contributed by atoms with Crippen LogP contribution in [-0.2, 0) is 4.79 Å². The molecule has 0 unspecified atom stereocenters. The van der Waals surface area contributed by atoms with Crippen LogP contribution in [0.4, 0.5) is 5.69 Å². The van der Waals surface area contributed by atoms with Crippen molar-refractivity contribution < 1.29 is 14.6 Å². The molecule has 3 rings (SSSR count). The van der Waals surface area contributed by atoms with E-state index in [0.717, 1.165) is 38.4 Å². The molecule has 0 aromatic heterocycles. The minimum Gasteiger partial charge on any atom is -0.322 e. The largest absolute Gasteiger partial charge is 0.322 e. The summed E-state index contributed by atoms with van der Waals surface area (Å²) in [7, 11) is 0. The predicted octanol–water partition coefficient (Wildman–Crippen LogP) is 1.25. The van der Waals surface area contributed by atoms with Gasteiger partial charge >= 0.3 is 0 Å². The smallest absolute Gasteiger partial charge is 0.279 e. The van der Waals surface area contributed by atoms with E-state index in [-0.39, 0.29) is 5.91 Å². The van der Waals surface area contributed by atoms with Crippen molar-refractivity contribution in [1.82, 2.24) is 0 Å². The van der Waals surface area contributed by atoms with Gasteiger partial charge in [0.15, 0.2) is 6.54 Å². The van der Waals surface area contributed by atoms with Gasteiger partial charge in [-0.05, 0) is 35.3 Å². The van der Waals surface area contributed by atoms with Crippen molar-refractivity contribution in [3.05, 3.63) is 71.8 Å². The Bertz CT molecular complexity index is 760. The zero-order valence-electron chi connectivity index (χ0n) is 17.1. The van der Waals surface area contributed by atoms with E-state index in [0.29, 0.717) is 12.5 Å². The molecule has 1 heterocycles. The van der Waals surface area contributed by atoms with E-state index in [1.54, 1.807) is 4.90 Å². The maximum Gasteiger partial charge on any atom is 0.279 e. The number of hydrogen-bond donors (Lipinski definition) is 3. The molecule has 148 valence electrons. The fraction of sp³-hybridized carbons (Fsp3) is 0.375. The van der Waals surface area contributed by atoms with Gasteiger partial charge in [-0.3, -0.25) is 4.79 Å². The second kappa shape index (κ2) is 10.2. The fourth-order valence-electron chi connectivity index (χ4n) is 3.65. The molecular weight excluding hydrogens is 346 g/mol. The van der Waals surface area contributed by atoms with Crippen molar-refractivity contribution >= 4 is 17.7 Å². The van der Waals surface area contributed by atoms with E-state index in [4.69, 9.17) is 0 Å². The molecule has 0 aliphatic carbocycles. The SMILES string of the molecule is CC(C)c1ccc(NC(=O)C[NH+]2CC[NH+](C/C=C/c3ccccc3)CC2)cc1. The minimum atomic E-state index is 0.111. The highest BCUT2D eigenvalue weighted by molar-refractivity contribution is 5.91.